The number of β-amino-alcohol motifs (C(OH)–C–C–N with tert-alkyl or cyclic N) is 1. The Morgan fingerprint density at radius 3 is 2.47 bits per heavy atom. The fourth-order valence-electron chi connectivity index (χ4n) is 4.31. The number of anilines is 1. The summed E-state index contributed by atoms with van der Waals surface area (Å²) in [6.07, 6.45) is 1.03. The van der Waals surface area contributed by atoms with Crippen molar-refractivity contribution in [3.8, 4) is 17.2 Å². The summed E-state index contributed by atoms with van der Waals surface area (Å²) in [4.78, 5) is 2.20. The number of rotatable bonds is 6. The third kappa shape index (κ3) is 3.85. The standard InChI is InChI=1S/C26H27N2O3S/c1-2-30-24-12-7-6-11-23(24)27-19-26(29,28-17-8-18-32-25(27)28)20-13-15-22(16-14-20)31-21-9-4-3-5-10-21/h3-7,9-16,29H,2,8,17-19H2,1H3/q+1. The van der Waals surface area contributed by atoms with E-state index in [0.717, 1.165) is 52.4 Å². The van der Waals surface area contributed by atoms with E-state index in [1.54, 1.807) is 11.8 Å². The molecule has 1 atom stereocenters. The monoisotopic (exact) mass is 447 g/mol. The zero-order valence-corrected chi connectivity index (χ0v) is 18.9. The fraction of sp³-hybridized carbons (Fsp3) is 0.269. The second-order valence-electron chi connectivity index (χ2n) is 7.88. The van der Waals surface area contributed by atoms with Crippen molar-refractivity contribution in [2.45, 2.75) is 19.1 Å². The van der Waals surface area contributed by atoms with E-state index < -0.39 is 5.72 Å². The Labute approximate surface area is 192 Å². The molecule has 0 aliphatic carbocycles. The third-order valence-corrected chi connectivity index (χ3v) is 6.99. The Morgan fingerprint density at radius 1 is 0.969 bits per heavy atom. The van der Waals surface area contributed by atoms with Crippen molar-refractivity contribution in [1.82, 2.24) is 0 Å². The predicted molar refractivity (Wildman–Crippen MR) is 129 cm³/mol. The number of nitrogens with zero attached hydrogens (tertiary/aromatic N) is 2. The van der Waals surface area contributed by atoms with Crippen molar-refractivity contribution >= 4 is 22.6 Å². The van der Waals surface area contributed by atoms with Gasteiger partial charge in [0.05, 0.1) is 13.2 Å². The maximum absolute atomic E-state index is 12.0. The minimum atomic E-state index is -1.12. The van der Waals surface area contributed by atoms with Gasteiger partial charge >= 0.3 is 5.17 Å². The summed E-state index contributed by atoms with van der Waals surface area (Å²) in [5, 5.41) is 13.0. The molecule has 0 saturated heterocycles. The van der Waals surface area contributed by atoms with E-state index in [1.807, 2.05) is 79.7 Å². The number of thioether (sulfide) groups is 1. The number of hydrogen-bond acceptors (Lipinski definition) is 5. The summed E-state index contributed by atoms with van der Waals surface area (Å²) in [7, 11) is 0. The van der Waals surface area contributed by atoms with Crippen LogP contribution in [0.5, 0.6) is 17.2 Å². The van der Waals surface area contributed by atoms with Crippen LogP contribution < -0.4 is 14.4 Å². The topological polar surface area (TPSA) is 44.9 Å². The quantitative estimate of drug-likeness (QED) is 0.536. The molecule has 0 bridgehead atoms. The average Bonchev–Trinajstić information content (AvgIpc) is 3.15. The maximum atomic E-state index is 12.0. The fourth-order valence-corrected chi connectivity index (χ4v) is 5.48. The van der Waals surface area contributed by atoms with Crippen LogP contribution in [0.25, 0.3) is 0 Å². The molecule has 0 radical (unpaired) electrons. The maximum Gasteiger partial charge on any atom is 0.316 e. The summed E-state index contributed by atoms with van der Waals surface area (Å²) in [5.74, 6) is 3.42. The van der Waals surface area contributed by atoms with E-state index in [-0.39, 0.29) is 0 Å². The number of hydrogen-bond donors (Lipinski definition) is 1. The summed E-state index contributed by atoms with van der Waals surface area (Å²) < 4.78 is 14.0. The molecule has 5 nitrogen and oxygen atoms in total. The first-order valence-corrected chi connectivity index (χ1v) is 12.0. The van der Waals surface area contributed by atoms with Gasteiger partial charge in [-0.15, -0.1) is 0 Å². The van der Waals surface area contributed by atoms with Gasteiger partial charge in [0.2, 0.25) is 0 Å². The normalized spacial score (nSPS) is 20.2. The number of ether oxygens (including phenoxy) is 2. The van der Waals surface area contributed by atoms with Gasteiger partial charge in [-0.2, -0.15) is 0 Å². The molecule has 0 amide bonds. The lowest BCUT2D eigenvalue weighted by Crippen LogP contribution is -2.41. The van der Waals surface area contributed by atoms with Crippen molar-refractivity contribution in [3.63, 3.8) is 0 Å². The van der Waals surface area contributed by atoms with Gasteiger partial charge in [0.1, 0.15) is 11.5 Å². The molecule has 164 valence electrons. The predicted octanol–water partition coefficient (Wildman–Crippen LogP) is 5.05. The Balaban J connectivity index is 1.47. The van der Waals surface area contributed by atoms with Crippen LogP contribution in [0.1, 0.15) is 18.9 Å². The number of aliphatic hydroxyl groups is 1. The van der Waals surface area contributed by atoms with E-state index in [2.05, 4.69) is 15.5 Å². The van der Waals surface area contributed by atoms with Gasteiger partial charge in [-0.05, 0) is 73.6 Å². The molecule has 0 saturated carbocycles. The van der Waals surface area contributed by atoms with Crippen molar-refractivity contribution in [2.75, 3.05) is 30.3 Å². The zero-order chi connectivity index (χ0) is 22.0. The smallest absolute Gasteiger partial charge is 0.316 e. The highest BCUT2D eigenvalue weighted by Crippen LogP contribution is 2.41. The Hall–Kier alpha value is -2.96. The molecule has 32 heavy (non-hydrogen) atoms. The van der Waals surface area contributed by atoms with Crippen LogP contribution >= 0.6 is 11.8 Å². The molecule has 3 aromatic rings. The zero-order valence-electron chi connectivity index (χ0n) is 18.1. The lowest BCUT2D eigenvalue weighted by Gasteiger charge is -2.24. The van der Waals surface area contributed by atoms with Gasteiger partial charge in [-0.3, -0.25) is 0 Å². The summed E-state index contributed by atoms with van der Waals surface area (Å²) in [6.45, 7) is 3.85. The average molecular weight is 448 g/mol. The number of benzene rings is 3. The van der Waals surface area contributed by atoms with Crippen LogP contribution in [0.3, 0.4) is 0 Å². The Kier molecular flexibility index (Phi) is 5.81. The lowest BCUT2D eigenvalue weighted by molar-refractivity contribution is -0.656. The van der Waals surface area contributed by atoms with Crippen LogP contribution in [-0.4, -0.2) is 40.3 Å². The van der Waals surface area contributed by atoms with Crippen molar-refractivity contribution in [1.29, 1.82) is 0 Å². The first kappa shape index (κ1) is 20.9. The van der Waals surface area contributed by atoms with E-state index in [4.69, 9.17) is 9.47 Å². The molecule has 0 aromatic heterocycles. The number of amidine groups is 1. The highest BCUT2D eigenvalue weighted by atomic mass is 32.2. The van der Waals surface area contributed by atoms with E-state index >= 15 is 0 Å². The summed E-state index contributed by atoms with van der Waals surface area (Å²) in [5.41, 5.74) is 0.728. The van der Waals surface area contributed by atoms with Crippen LogP contribution in [0.2, 0.25) is 0 Å². The minimum absolute atomic E-state index is 0.443. The molecular formula is C26H27N2O3S+. The second kappa shape index (κ2) is 8.88. The molecule has 2 aliphatic heterocycles. The van der Waals surface area contributed by atoms with Gasteiger partial charge in [-0.1, -0.05) is 30.3 Å². The Bertz CT molecular complexity index is 1120. The molecule has 0 spiro atoms. The summed E-state index contributed by atoms with van der Waals surface area (Å²) in [6, 6.07) is 25.6. The lowest BCUT2D eigenvalue weighted by atomic mass is 10.0. The molecule has 6 heteroatoms. The van der Waals surface area contributed by atoms with Gasteiger partial charge < -0.3 is 14.6 Å². The minimum Gasteiger partial charge on any atom is -0.489 e. The van der Waals surface area contributed by atoms with E-state index in [1.165, 1.54) is 0 Å². The van der Waals surface area contributed by atoms with E-state index in [0.29, 0.717) is 13.2 Å². The first-order chi connectivity index (χ1) is 15.7. The molecule has 5 rings (SSSR count). The van der Waals surface area contributed by atoms with Gasteiger partial charge in [0.25, 0.3) is 5.72 Å². The Morgan fingerprint density at radius 2 is 1.69 bits per heavy atom. The molecule has 1 unspecified atom stereocenters. The van der Waals surface area contributed by atoms with Crippen LogP contribution in [0.4, 0.5) is 5.69 Å². The second-order valence-corrected chi connectivity index (χ2v) is 8.94. The van der Waals surface area contributed by atoms with E-state index in [9.17, 15) is 5.11 Å². The first-order valence-electron chi connectivity index (χ1n) is 11.0. The number of para-hydroxylation sites is 3. The van der Waals surface area contributed by atoms with Gasteiger partial charge in [0.15, 0.2) is 18.0 Å². The van der Waals surface area contributed by atoms with Crippen molar-refractivity contribution < 1.29 is 19.2 Å². The van der Waals surface area contributed by atoms with Gasteiger partial charge in [-0.25, -0.2) is 9.48 Å². The largest absolute Gasteiger partial charge is 0.489 e. The highest BCUT2D eigenvalue weighted by molar-refractivity contribution is 8.13. The van der Waals surface area contributed by atoms with Crippen molar-refractivity contribution in [2.24, 2.45) is 0 Å². The molecule has 3 aromatic carbocycles. The highest BCUT2D eigenvalue weighted by Gasteiger charge is 2.53. The van der Waals surface area contributed by atoms with Gasteiger partial charge in [0, 0.05) is 11.3 Å². The third-order valence-electron chi connectivity index (χ3n) is 5.80. The molecule has 1 N–H and O–H groups in total. The molecule has 0 fully saturated rings. The molecule has 2 aliphatic rings. The van der Waals surface area contributed by atoms with Crippen molar-refractivity contribution in [3.05, 3.63) is 84.4 Å². The SMILES string of the molecule is CCOc1ccccc1N1CC(O)(c2ccc(Oc3ccccc3)cc2)[N+]2=C1SCCC2. The van der Waals surface area contributed by atoms with Crippen LogP contribution in [-0.2, 0) is 5.72 Å². The van der Waals surface area contributed by atoms with Crippen LogP contribution in [0.15, 0.2) is 78.9 Å². The van der Waals surface area contributed by atoms with Crippen LogP contribution in [0, 0.1) is 0 Å². The molecular weight excluding hydrogens is 420 g/mol. The summed E-state index contributed by atoms with van der Waals surface area (Å²) >= 11 is 1.79. The molecule has 2 heterocycles.